The van der Waals surface area contributed by atoms with Crippen molar-refractivity contribution in [2.75, 3.05) is 0 Å². The van der Waals surface area contributed by atoms with Crippen LogP contribution in [0.25, 0.3) is 0 Å². The molecule has 44 valence electrons. The fraction of sp³-hybridized carbons (Fsp3) is 0.500. The lowest BCUT2D eigenvalue weighted by Crippen LogP contribution is -1.71. The minimum absolute atomic E-state index is 0.866. The highest BCUT2D eigenvalue weighted by Crippen LogP contribution is 2.20. The van der Waals surface area contributed by atoms with Gasteiger partial charge in [0.05, 0.1) is 5.43 Å². The molecule has 0 spiro atoms. The van der Waals surface area contributed by atoms with Crippen molar-refractivity contribution in [1.29, 1.82) is 0 Å². The number of rotatable bonds is 0. The van der Waals surface area contributed by atoms with Crippen LogP contribution in [0, 0.1) is 20.8 Å². The summed E-state index contributed by atoms with van der Waals surface area (Å²) in [6, 6.07) is 0. The van der Waals surface area contributed by atoms with Gasteiger partial charge in [0, 0.05) is 5.69 Å². The Morgan fingerprint density at radius 1 is 1.25 bits per heavy atom. The van der Waals surface area contributed by atoms with Crippen molar-refractivity contribution < 1.29 is 0 Å². The molecule has 1 heterocycles. The van der Waals surface area contributed by atoms with E-state index < -0.39 is 0 Å². The average Bonchev–Trinajstić information content (AvgIpc) is 1.85. The molecule has 2 heteroatoms. The summed E-state index contributed by atoms with van der Waals surface area (Å²) in [6.45, 7) is 6.30. The first-order chi connectivity index (χ1) is 3.70. The molecular formula is C6H10NP. The summed E-state index contributed by atoms with van der Waals surface area (Å²) < 4.78 is 0. The number of hydrogen-bond acceptors (Lipinski definition) is 1. The van der Waals surface area contributed by atoms with Gasteiger partial charge in [-0.1, -0.05) is 0 Å². The first-order valence-electron chi connectivity index (χ1n) is 2.70. The van der Waals surface area contributed by atoms with Crippen molar-refractivity contribution in [2.45, 2.75) is 20.8 Å². The van der Waals surface area contributed by atoms with Gasteiger partial charge in [0.2, 0.25) is 0 Å². The molecule has 0 aliphatic carbocycles. The van der Waals surface area contributed by atoms with E-state index in [1.807, 2.05) is 0 Å². The number of aromatic nitrogens is 1. The first-order valence-corrected chi connectivity index (χ1v) is 3.70. The van der Waals surface area contributed by atoms with Crippen LogP contribution >= 0.6 is 8.19 Å². The summed E-state index contributed by atoms with van der Waals surface area (Å²) in [4.78, 5) is 4.28. The van der Waals surface area contributed by atoms with Gasteiger partial charge in [0.25, 0.3) is 0 Å². The summed E-state index contributed by atoms with van der Waals surface area (Å²) in [7, 11) is 0.866. The van der Waals surface area contributed by atoms with Crippen LogP contribution < -0.4 is 0 Å². The largest absolute Gasteiger partial charge is 0.254 e. The van der Waals surface area contributed by atoms with Gasteiger partial charge in [-0.25, -0.2) is 0 Å². The predicted molar refractivity (Wildman–Crippen MR) is 37.9 cm³/mol. The van der Waals surface area contributed by atoms with E-state index in [-0.39, 0.29) is 0 Å². The Hall–Kier alpha value is -0.290. The van der Waals surface area contributed by atoms with Crippen molar-refractivity contribution in [3.05, 3.63) is 16.4 Å². The third-order valence-corrected chi connectivity index (χ3v) is 2.46. The third-order valence-electron chi connectivity index (χ3n) is 1.25. The molecule has 0 aromatic carbocycles. The molecule has 8 heavy (non-hydrogen) atoms. The molecule has 0 aliphatic heterocycles. The molecule has 0 fully saturated rings. The summed E-state index contributed by atoms with van der Waals surface area (Å²) in [5, 5.41) is 1.45. The summed E-state index contributed by atoms with van der Waals surface area (Å²) in [5.41, 5.74) is 2.50. The van der Waals surface area contributed by atoms with Gasteiger partial charge in [-0.05, 0) is 26.1 Å². The van der Waals surface area contributed by atoms with E-state index >= 15 is 0 Å². The van der Waals surface area contributed by atoms with Gasteiger partial charge >= 0.3 is 0 Å². The molecule has 1 aromatic rings. The predicted octanol–water partition coefficient (Wildman–Crippen LogP) is 2.04. The minimum atomic E-state index is 0.866. The van der Waals surface area contributed by atoms with Gasteiger partial charge in [-0.3, -0.25) is 4.98 Å². The molecule has 1 nitrogen and oxygen atoms in total. The smallest absolute Gasteiger partial charge is 0.0537 e. The molecule has 0 amide bonds. The molecule has 0 saturated heterocycles. The standard InChI is InChI=1S/C6H10NP/c1-4-5(2)8-6(3)7-4/h8H,1-3H3. The zero-order chi connectivity index (χ0) is 6.15. The maximum Gasteiger partial charge on any atom is 0.0537 e. The van der Waals surface area contributed by atoms with Gasteiger partial charge in [-0.2, -0.15) is 0 Å². The van der Waals surface area contributed by atoms with Gasteiger partial charge in [-0.15, -0.1) is 8.19 Å². The molecule has 0 radical (unpaired) electrons. The highest BCUT2D eigenvalue weighted by Gasteiger charge is 1.94. The van der Waals surface area contributed by atoms with Crippen LogP contribution in [0.1, 0.15) is 16.4 Å². The Kier molecular flexibility index (Phi) is 1.39. The zero-order valence-corrected chi connectivity index (χ0v) is 6.45. The van der Waals surface area contributed by atoms with Crippen molar-refractivity contribution in [2.24, 2.45) is 0 Å². The highest BCUT2D eigenvalue weighted by atomic mass is 31.0. The van der Waals surface area contributed by atoms with Crippen LogP contribution in [0.3, 0.4) is 0 Å². The normalized spacial score (nSPS) is 10.9. The summed E-state index contributed by atoms with van der Waals surface area (Å²) in [5.74, 6) is 0. The Labute approximate surface area is 51.2 Å². The van der Waals surface area contributed by atoms with E-state index in [0.29, 0.717) is 0 Å². The average molecular weight is 127 g/mol. The fourth-order valence-electron chi connectivity index (χ4n) is 0.725. The zero-order valence-electron chi connectivity index (χ0n) is 5.45. The van der Waals surface area contributed by atoms with E-state index in [1.165, 1.54) is 16.4 Å². The van der Waals surface area contributed by atoms with Gasteiger partial charge in [0.1, 0.15) is 0 Å². The second-order valence-corrected chi connectivity index (χ2v) is 3.76. The number of aryl methyl sites for hydroxylation is 3. The maximum absolute atomic E-state index is 4.28. The maximum atomic E-state index is 4.28. The minimum Gasteiger partial charge on any atom is -0.254 e. The van der Waals surface area contributed by atoms with Crippen LogP contribution in [0.15, 0.2) is 0 Å². The molecule has 0 N–H and O–H groups in total. The Balaban J connectivity index is 3.14. The van der Waals surface area contributed by atoms with Crippen LogP contribution in [-0.2, 0) is 0 Å². The first kappa shape index (κ1) is 5.84. The fourth-order valence-corrected chi connectivity index (χ4v) is 1.73. The van der Waals surface area contributed by atoms with Crippen molar-refractivity contribution >= 4 is 8.19 Å². The van der Waals surface area contributed by atoms with Crippen molar-refractivity contribution in [1.82, 2.24) is 4.98 Å². The third kappa shape index (κ3) is 0.924. The molecule has 0 aliphatic rings. The molecule has 1 aromatic heterocycles. The topological polar surface area (TPSA) is 12.9 Å². The van der Waals surface area contributed by atoms with E-state index in [9.17, 15) is 0 Å². The molecule has 1 rings (SSSR count). The molecule has 1 atom stereocenters. The molecular weight excluding hydrogens is 117 g/mol. The lowest BCUT2D eigenvalue weighted by Gasteiger charge is -1.79. The van der Waals surface area contributed by atoms with E-state index in [0.717, 1.165) is 8.19 Å². The van der Waals surface area contributed by atoms with Crippen molar-refractivity contribution in [3.8, 4) is 0 Å². The van der Waals surface area contributed by atoms with E-state index in [1.54, 1.807) is 0 Å². The van der Waals surface area contributed by atoms with Crippen LogP contribution in [0.4, 0.5) is 0 Å². The quantitative estimate of drug-likeness (QED) is 0.519. The Morgan fingerprint density at radius 2 is 1.88 bits per heavy atom. The van der Waals surface area contributed by atoms with Gasteiger partial charge < -0.3 is 0 Å². The number of hydrogen-bond donors (Lipinski definition) is 0. The van der Waals surface area contributed by atoms with E-state index in [4.69, 9.17) is 0 Å². The van der Waals surface area contributed by atoms with Crippen molar-refractivity contribution in [3.63, 3.8) is 0 Å². The Morgan fingerprint density at radius 3 is 2.00 bits per heavy atom. The second-order valence-electron chi connectivity index (χ2n) is 2.03. The molecule has 0 saturated carbocycles. The Bertz CT molecular complexity index is 171. The van der Waals surface area contributed by atoms with Crippen LogP contribution in [0.2, 0.25) is 0 Å². The van der Waals surface area contributed by atoms with Crippen LogP contribution in [-0.4, -0.2) is 4.98 Å². The van der Waals surface area contributed by atoms with Gasteiger partial charge in [0.15, 0.2) is 0 Å². The summed E-state index contributed by atoms with van der Waals surface area (Å²) >= 11 is 0. The monoisotopic (exact) mass is 127 g/mol. The number of nitrogens with zero attached hydrogens (tertiary/aromatic N) is 1. The van der Waals surface area contributed by atoms with E-state index in [2.05, 4.69) is 25.8 Å². The lowest BCUT2D eigenvalue weighted by atomic mass is 10.4. The SMILES string of the molecule is Cc1nc(C)c(C)[pH]1. The summed E-state index contributed by atoms with van der Waals surface area (Å²) in [6.07, 6.45) is 0. The van der Waals surface area contributed by atoms with Crippen LogP contribution in [0.5, 0.6) is 0 Å². The second kappa shape index (κ2) is 1.91. The molecule has 1 unspecified atom stereocenters. The highest BCUT2D eigenvalue weighted by molar-refractivity contribution is 7.31. The lowest BCUT2D eigenvalue weighted by molar-refractivity contribution is 1.18. The molecule has 0 bridgehead atoms.